The van der Waals surface area contributed by atoms with Gasteiger partial charge in [0.25, 0.3) is 5.91 Å². The van der Waals surface area contributed by atoms with Gasteiger partial charge in [0.05, 0.1) is 44.8 Å². The van der Waals surface area contributed by atoms with E-state index in [9.17, 15) is 14.7 Å². The minimum absolute atomic E-state index is 0.0490. The minimum Gasteiger partial charge on any atom is -0.483 e. The number of benzene rings is 3. The summed E-state index contributed by atoms with van der Waals surface area (Å²) in [4.78, 5) is 26.4. The van der Waals surface area contributed by atoms with Gasteiger partial charge in [-0.15, -0.1) is 10.3 Å². The molecule has 1 heterocycles. The zero-order chi connectivity index (χ0) is 33.6. The van der Waals surface area contributed by atoms with Gasteiger partial charge in [-0.3, -0.25) is 9.52 Å². The molecule has 1 unspecified atom stereocenters. The van der Waals surface area contributed by atoms with Crippen molar-refractivity contribution < 1.29 is 28.9 Å². The van der Waals surface area contributed by atoms with Crippen LogP contribution >= 0.6 is 11.9 Å². The molecule has 17 heteroatoms. The molecule has 0 aliphatic carbocycles. The Morgan fingerprint density at radius 1 is 0.822 bits per heavy atom. The van der Waals surface area contributed by atoms with Gasteiger partial charge in [0, 0.05) is 28.4 Å². The summed E-state index contributed by atoms with van der Waals surface area (Å²) in [6.07, 6.45) is 0. The van der Waals surface area contributed by atoms with Crippen LogP contribution in [-0.2, 0) is 20.8 Å². The van der Waals surface area contributed by atoms with E-state index in [4.69, 9.17) is 84.8 Å². The number of hydrogen-bond donors (Lipinski definition) is 2. The average Bonchev–Trinajstić information content (AvgIpc) is 3.43. The normalized spacial score (nSPS) is 14.7. The summed E-state index contributed by atoms with van der Waals surface area (Å²) in [6, 6.07) is 15.1. The standard InChI is InChI=1S/C28H20B9NO6S/c1-24(2,29)15-4-7-17(8-5-15)45-38-23(41)25(30,16-6-10-20-21(12-16)43-13-42-20)44-19-9-3-14(22(39)40)11-18(19)26(31,32)27(33,34)28(35,36)37/h3-12H,13H2,1-2H3,(H,38,41)(H,39,40). The van der Waals surface area contributed by atoms with Crippen LogP contribution in [-0.4, -0.2) is 94.4 Å². The highest BCUT2D eigenvalue weighted by Gasteiger charge is 2.46. The van der Waals surface area contributed by atoms with Gasteiger partial charge >= 0.3 is 5.97 Å². The highest BCUT2D eigenvalue weighted by atomic mass is 32.2. The van der Waals surface area contributed by atoms with Crippen molar-refractivity contribution in [3.63, 3.8) is 0 Å². The minimum atomic E-state index is -2.48. The molecule has 18 radical (unpaired) electrons. The van der Waals surface area contributed by atoms with Crippen LogP contribution in [0.3, 0.4) is 0 Å². The molecular weight excluding hydrogens is 576 g/mol. The van der Waals surface area contributed by atoms with Gasteiger partial charge in [0.15, 0.2) is 24.8 Å². The number of carboxylic acids is 1. The molecule has 1 aliphatic rings. The monoisotopic (exact) mass is 597 g/mol. The summed E-state index contributed by atoms with van der Waals surface area (Å²) in [5.74, 6) is -1.79. The number of carboxylic acid groups (broad SMARTS) is 1. The van der Waals surface area contributed by atoms with Crippen molar-refractivity contribution in [1.82, 2.24) is 4.72 Å². The SMILES string of the molecule is [B]C(C)(C)c1ccc(SNC(=O)C([B])(Oc2ccc(C(=O)O)cc2C([B])([B])C([B])([B])C([B])([B])[B])c2ccc3c(c2)OCO3)cc1. The quantitative estimate of drug-likeness (QED) is 0.255. The number of ether oxygens (including phenoxy) is 3. The largest absolute Gasteiger partial charge is 0.483 e. The van der Waals surface area contributed by atoms with Crippen LogP contribution in [0.2, 0.25) is 10.3 Å². The Kier molecular flexibility index (Phi) is 9.49. The number of aromatic carboxylic acids is 1. The number of carbonyl (C=O) groups is 2. The maximum Gasteiger partial charge on any atom is 0.335 e. The molecule has 1 aliphatic heterocycles. The third-order valence-electron chi connectivity index (χ3n) is 7.34. The second kappa shape index (κ2) is 12.3. The van der Waals surface area contributed by atoms with E-state index in [-0.39, 0.29) is 29.2 Å². The lowest BCUT2D eigenvalue weighted by atomic mass is 9.13. The molecule has 0 saturated heterocycles. The van der Waals surface area contributed by atoms with Gasteiger partial charge in [0.2, 0.25) is 6.79 Å². The van der Waals surface area contributed by atoms with E-state index in [0.29, 0.717) is 16.4 Å². The fraction of sp³-hybridized carbons (Fsp3) is 0.286. The third kappa shape index (κ3) is 6.89. The Morgan fingerprint density at radius 2 is 1.42 bits per heavy atom. The molecule has 0 spiro atoms. The van der Waals surface area contributed by atoms with E-state index < -0.39 is 38.2 Å². The second-order valence-electron chi connectivity index (χ2n) is 11.4. The second-order valence-corrected chi connectivity index (χ2v) is 12.3. The topological polar surface area (TPSA) is 94.1 Å². The molecule has 2 N–H and O–H groups in total. The van der Waals surface area contributed by atoms with E-state index in [1.807, 2.05) is 26.0 Å². The molecule has 45 heavy (non-hydrogen) atoms. The first-order valence-electron chi connectivity index (χ1n) is 13.3. The summed E-state index contributed by atoms with van der Waals surface area (Å²) in [5, 5.41) is 1.79. The molecule has 1 amide bonds. The summed E-state index contributed by atoms with van der Waals surface area (Å²) < 4.78 is 19.7. The fourth-order valence-corrected chi connectivity index (χ4v) is 4.96. The molecule has 3 aromatic carbocycles. The highest BCUT2D eigenvalue weighted by Crippen LogP contribution is 2.53. The first-order chi connectivity index (χ1) is 20.7. The summed E-state index contributed by atoms with van der Waals surface area (Å²) in [6.45, 7) is 3.68. The van der Waals surface area contributed by atoms with Gasteiger partial charge in [-0.1, -0.05) is 42.8 Å². The van der Waals surface area contributed by atoms with Crippen LogP contribution in [0.25, 0.3) is 0 Å². The first kappa shape index (κ1) is 34.8. The number of fused-ring (bicyclic) bond motifs is 1. The van der Waals surface area contributed by atoms with Crippen LogP contribution in [0.5, 0.6) is 17.2 Å². The number of rotatable bonds is 11. The average molecular weight is 596 g/mol. The maximum atomic E-state index is 13.9. The third-order valence-corrected chi connectivity index (χ3v) is 8.14. The number of amides is 1. The van der Waals surface area contributed by atoms with Crippen LogP contribution < -0.4 is 18.9 Å². The lowest BCUT2D eigenvalue weighted by Crippen LogP contribution is -2.52. The molecule has 0 fully saturated rings. The Balaban J connectivity index is 1.79. The smallest absolute Gasteiger partial charge is 0.335 e. The van der Waals surface area contributed by atoms with Crippen molar-refractivity contribution in [2.45, 2.75) is 45.1 Å². The van der Waals surface area contributed by atoms with Gasteiger partial charge in [-0.2, -0.15) is 0 Å². The van der Waals surface area contributed by atoms with Crippen LogP contribution in [0.1, 0.15) is 40.9 Å². The van der Waals surface area contributed by atoms with Crippen molar-refractivity contribution >= 4 is 94.4 Å². The lowest BCUT2D eigenvalue weighted by molar-refractivity contribution is -0.129. The van der Waals surface area contributed by atoms with Gasteiger partial charge in [-0.05, 0) is 70.9 Å². The van der Waals surface area contributed by atoms with Crippen molar-refractivity contribution in [3.05, 3.63) is 82.9 Å². The molecule has 4 rings (SSSR count). The Morgan fingerprint density at radius 3 is 2.00 bits per heavy atom. The van der Waals surface area contributed by atoms with E-state index in [2.05, 4.69) is 4.72 Å². The molecule has 0 bridgehead atoms. The molecule has 1 atom stereocenters. The summed E-state index contributed by atoms with van der Waals surface area (Å²) >= 11 is 0.956. The van der Waals surface area contributed by atoms with E-state index in [1.54, 1.807) is 12.1 Å². The zero-order valence-corrected chi connectivity index (χ0v) is 25.4. The Labute approximate surface area is 279 Å². The van der Waals surface area contributed by atoms with Crippen molar-refractivity contribution in [1.29, 1.82) is 0 Å². The van der Waals surface area contributed by atoms with Gasteiger partial charge in [0.1, 0.15) is 5.75 Å². The predicted octanol–water partition coefficient (Wildman–Crippen LogP) is 1.26. The zero-order valence-electron chi connectivity index (χ0n) is 24.6. The van der Waals surface area contributed by atoms with Crippen LogP contribution in [0, 0.1) is 0 Å². The van der Waals surface area contributed by atoms with Crippen LogP contribution in [0.4, 0.5) is 0 Å². The maximum absolute atomic E-state index is 13.9. The summed E-state index contributed by atoms with van der Waals surface area (Å²) in [5.41, 5.74) is -1.96. The molecule has 3 aromatic rings. The highest BCUT2D eigenvalue weighted by molar-refractivity contribution is 7.98. The van der Waals surface area contributed by atoms with E-state index in [1.165, 1.54) is 30.3 Å². The summed E-state index contributed by atoms with van der Waals surface area (Å²) in [7, 11) is 55.3. The number of nitrogens with one attached hydrogen (secondary N) is 1. The molecule has 0 aromatic heterocycles. The lowest BCUT2D eigenvalue weighted by Gasteiger charge is -2.55. The first-order valence-corrected chi connectivity index (χ1v) is 14.1. The van der Waals surface area contributed by atoms with Crippen molar-refractivity contribution in [2.75, 3.05) is 6.79 Å². The van der Waals surface area contributed by atoms with Gasteiger partial charge in [-0.25, -0.2) is 4.79 Å². The van der Waals surface area contributed by atoms with Crippen molar-refractivity contribution in [3.8, 4) is 17.2 Å². The van der Waals surface area contributed by atoms with Crippen molar-refractivity contribution in [2.24, 2.45) is 0 Å². The molecule has 0 saturated carbocycles. The number of hydrogen-bond acceptors (Lipinski definition) is 6. The molecule has 206 valence electrons. The number of carbonyl (C=O) groups excluding carboxylic acids is 1. The van der Waals surface area contributed by atoms with Gasteiger partial charge < -0.3 is 19.3 Å². The van der Waals surface area contributed by atoms with Crippen LogP contribution in [0.15, 0.2) is 65.6 Å². The Bertz CT molecular complexity index is 1610. The predicted molar refractivity (Wildman–Crippen MR) is 181 cm³/mol. The van der Waals surface area contributed by atoms with E-state index in [0.717, 1.165) is 23.6 Å². The fourth-order valence-electron chi connectivity index (χ4n) is 4.33. The molecule has 7 nitrogen and oxygen atoms in total. The molecular formula is C28H20B9NO6S. The van der Waals surface area contributed by atoms with E-state index >= 15 is 0 Å². The Hall–Kier alpha value is -3.07.